The van der Waals surface area contributed by atoms with Gasteiger partial charge < -0.3 is 4.74 Å². The van der Waals surface area contributed by atoms with E-state index in [4.69, 9.17) is 4.74 Å². The Kier molecular flexibility index (Phi) is 4.29. The van der Waals surface area contributed by atoms with E-state index in [1.807, 2.05) is 43.6 Å². The molecule has 3 aromatic rings. The molecule has 0 aliphatic heterocycles. The normalized spacial score (nSPS) is 10.7. The maximum atomic E-state index is 12.2. The van der Waals surface area contributed by atoms with Crippen molar-refractivity contribution >= 4 is 21.9 Å². The molecule has 7 heteroatoms. The summed E-state index contributed by atoms with van der Waals surface area (Å²) in [6, 6.07) is 9.52. The summed E-state index contributed by atoms with van der Waals surface area (Å²) >= 11 is 3.44. The molecule has 0 amide bonds. The van der Waals surface area contributed by atoms with Gasteiger partial charge in [0, 0.05) is 23.9 Å². The van der Waals surface area contributed by atoms with Crippen molar-refractivity contribution in [3.63, 3.8) is 0 Å². The second-order valence-electron chi connectivity index (χ2n) is 4.88. The summed E-state index contributed by atoms with van der Waals surface area (Å²) in [5.41, 5.74) is 2.60. The standard InChI is InChI=1S/C16H15BrN4O2/c1-3-23-16(22)15-13(14-7-8-18-20(14)2)10-21(19-15)12-6-4-5-11(17)9-12/h4-10H,3H2,1-2H3. The Morgan fingerprint density at radius 2 is 2.17 bits per heavy atom. The van der Waals surface area contributed by atoms with Gasteiger partial charge in [-0.3, -0.25) is 4.68 Å². The van der Waals surface area contributed by atoms with Crippen LogP contribution in [0.4, 0.5) is 0 Å². The zero-order valence-corrected chi connectivity index (χ0v) is 14.3. The van der Waals surface area contributed by atoms with E-state index >= 15 is 0 Å². The molecule has 2 aromatic heterocycles. The number of carbonyl (C=O) groups is 1. The fourth-order valence-corrected chi connectivity index (χ4v) is 2.69. The van der Waals surface area contributed by atoms with Crippen LogP contribution in [0.1, 0.15) is 17.4 Å². The van der Waals surface area contributed by atoms with Crippen molar-refractivity contribution in [3.05, 3.63) is 52.9 Å². The average molecular weight is 375 g/mol. The molecule has 0 unspecified atom stereocenters. The van der Waals surface area contributed by atoms with Crippen molar-refractivity contribution in [3.8, 4) is 16.9 Å². The van der Waals surface area contributed by atoms with Crippen LogP contribution in [0.2, 0.25) is 0 Å². The van der Waals surface area contributed by atoms with Crippen molar-refractivity contribution in [2.45, 2.75) is 6.92 Å². The maximum Gasteiger partial charge on any atom is 0.359 e. The molecule has 0 bridgehead atoms. The molecule has 3 rings (SSSR count). The third-order valence-electron chi connectivity index (χ3n) is 3.35. The molecule has 0 atom stereocenters. The Bertz CT molecular complexity index is 853. The van der Waals surface area contributed by atoms with Crippen LogP contribution in [0.3, 0.4) is 0 Å². The summed E-state index contributed by atoms with van der Waals surface area (Å²) in [4.78, 5) is 12.2. The van der Waals surface area contributed by atoms with Crippen LogP contribution in [0, 0.1) is 0 Å². The highest BCUT2D eigenvalue weighted by atomic mass is 79.9. The molecule has 118 valence electrons. The minimum absolute atomic E-state index is 0.274. The summed E-state index contributed by atoms with van der Waals surface area (Å²) in [7, 11) is 1.82. The van der Waals surface area contributed by atoms with E-state index < -0.39 is 5.97 Å². The van der Waals surface area contributed by atoms with Crippen LogP contribution >= 0.6 is 15.9 Å². The Morgan fingerprint density at radius 3 is 2.83 bits per heavy atom. The molecule has 0 saturated carbocycles. The molecule has 2 heterocycles. The topological polar surface area (TPSA) is 61.9 Å². The van der Waals surface area contributed by atoms with Gasteiger partial charge in [-0.05, 0) is 31.2 Å². The third-order valence-corrected chi connectivity index (χ3v) is 3.85. The molecule has 0 aliphatic rings. The third kappa shape index (κ3) is 3.05. The first-order valence-corrected chi connectivity index (χ1v) is 7.90. The first-order valence-electron chi connectivity index (χ1n) is 7.11. The summed E-state index contributed by atoms with van der Waals surface area (Å²) in [6.45, 7) is 2.07. The molecule has 6 nitrogen and oxygen atoms in total. The summed E-state index contributed by atoms with van der Waals surface area (Å²) < 4.78 is 9.43. The summed E-state index contributed by atoms with van der Waals surface area (Å²) in [6.07, 6.45) is 3.49. The predicted octanol–water partition coefficient (Wildman–Crippen LogP) is 3.21. The zero-order chi connectivity index (χ0) is 16.4. The smallest absolute Gasteiger partial charge is 0.359 e. The van der Waals surface area contributed by atoms with E-state index in [-0.39, 0.29) is 5.69 Å². The van der Waals surface area contributed by atoms with Gasteiger partial charge in [-0.1, -0.05) is 22.0 Å². The largest absolute Gasteiger partial charge is 0.461 e. The van der Waals surface area contributed by atoms with Crippen molar-refractivity contribution in [1.82, 2.24) is 19.6 Å². The van der Waals surface area contributed by atoms with Gasteiger partial charge in [-0.15, -0.1) is 0 Å². The van der Waals surface area contributed by atoms with E-state index in [1.165, 1.54) is 0 Å². The second-order valence-corrected chi connectivity index (χ2v) is 5.79. The molecule has 0 saturated heterocycles. The number of aryl methyl sites for hydroxylation is 1. The Hall–Kier alpha value is -2.41. The van der Waals surface area contributed by atoms with Gasteiger partial charge in [-0.2, -0.15) is 10.2 Å². The highest BCUT2D eigenvalue weighted by molar-refractivity contribution is 9.10. The first-order chi connectivity index (χ1) is 11.1. The second kappa shape index (κ2) is 6.37. The van der Waals surface area contributed by atoms with Crippen LogP contribution in [0.25, 0.3) is 16.9 Å². The average Bonchev–Trinajstić information content (AvgIpc) is 3.13. The Labute approximate surface area is 141 Å². The molecule has 0 radical (unpaired) electrons. The molecule has 1 aromatic carbocycles. The summed E-state index contributed by atoms with van der Waals surface area (Å²) in [5, 5.41) is 8.57. The quantitative estimate of drug-likeness (QED) is 0.657. The molecular formula is C16H15BrN4O2. The SMILES string of the molecule is CCOC(=O)c1nn(-c2cccc(Br)c2)cc1-c1ccnn1C. The van der Waals surface area contributed by atoms with Gasteiger partial charge >= 0.3 is 5.97 Å². The molecule has 0 spiro atoms. The van der Waals surface area contributed by atoms with E-state index in [0.717, 1.165) is 15.9 Å². The molecular weight excluding hydrogens is 360 g/mol. The highest BCUT2D eigenvalue weighted by Crippen LogP contribution is 2.25. The van der Waals surface area contributed by atoms with Gasteiger partial charge in [0.1, 0.15) is 0 Å². The van der Waals surface area contributed by atoms with E-state index in [1.54, 1.807) is 22.5 Å². The van der Waals surface area contributed by atoms with Crippen LogP contribution in [0.15, 0.2) is 47.2 Å². The van der Waals surface area contributed by atoms with E-state index in [2.05, 4.69) is 26.1 Å². The van der Waals surface area contributed by atoms with Gasteiger partial charge in [0.05, 0.1) is 23.6 Å². The number of aromatic nitrogens is 4. The van der Waals surface area contributed by atoms with Gasteiger partial charge in [0.15, 0.2) is 5.69 Å². The van der Waals surface area contributed by atoms with Gasteiger partial charge in [-0.25, -0.2) is 9.48 Å². The number of esters is 1. The van der Waals surface area contributed by atoms with E-state index in [0.29, 0.717) is 12.2 Å². The fraction of sp³-hybridized carbons (Fsp3) is 0.188. The number of ether oxygens (including phenoxy) is 1. The lowest BCUT2D eigenvalue weighted by atomic mass is 10.2. The highest BCUT2D eigenvalue weighted by Gasteiger charge is 2.21. The summed E-state index contributed by atoms with van der Waals surface area (Å²) in [5.74, 6) is -0.447. The maximum absolute atomic E-state index is 12.2. The van der Waals surface area contributed by atoms with Gasteiger partial charge in [0.25, 0.3) is 0 Å². The van der Waals surface area contributed by atoms with Crippen LogP contribution in [-0.2, 0) is 11.8 Å². The minimum Gasteiger partial charge on any atom is -0.461 e. The van der Waals surface area contributed by atoms with Gasteiger partial charge in [0.2, 0.25) is 0 Å². The number of halogens is 1. The number of hydrogen-bond donors (Lipinski definition) is 0. The Balaban J connectivity index is 2.14. The number of hydrogen-bond acceptors (Lipinski definition) is 4. The number of nitrogens with zero attached hydrogens (tertiary/aromatic N) is 4. The molecule has 23 heavy (non-hydrogen) atoms. The first kappa shape index (κ1) is 15.5. The lowest BCUT2D eigenvalue weighted by Crippen LogP contribution is -2.08. The monoisotopic (exact) mass is 374 g/mol. The Morgan fingerprint density at radius 1 is 1.35 bits per heavy atom. The van der Waals surface area contributed by atoms with Crippen LogP contribution in [-0.4, -0.2) is 32.1 Å². The fourth-order valence-electron chi connectivity index (χ4n) is 2.30. The lowest BCUT2D eigenvalue weighted by molar-refractivity contribution is 0.0520. The van der Waals surface area contributed by atoms with Crippen molar-refractivity contribution in [2.24, 2.45) is 7.05 Å². The number of benzene rings is 1. The lowest BCUT2D eigenvalue weighted by Gasteiger charge is -2.02. The number of rotatable bonds is 4. The molecule has 0 fully saturated rings. The predicted molar refractivity (Wildman–Crippen MR) is 89.4 cm³/mol. The van der Waals surface area contributed by atoms with Crippen LogP contribution in [0.5, 0.6) is 0 Å². The number of carbonyl (C=O) groups excluding carboxylic acids is 1. The molecule has 0 N–H and O–H groups in total. The minimum atomic E-state index is -0.447. The van der Waals surface area contributed by atoms with Crippen LogP contribution < -0.4 is 0 Å². The van der Waals surface area contributed by atoms with E-state index in [9.17, 15) is 4.79 Å². The van der Waals surface area contributed by atoms with Crippen molar-refractivity contribution in [2.75, 3.05) is 6.61 Å². The zero-order valence-electron chi connectivity index (χ0n) is 12.7. The molecule has 0 aliphatic carbocycles. The van der Waals surface area contributed by atoms with Crippen molar-refractivity contribution in [1.29, 1.82) is 0 Å². The van der Waals surface area contributed by atoms with Crippen molar-refractivity contribution < 1.29 is 9.53 Å².